The first kappa shape index (κ1) is 26.2. The Bertz CT molecular complexity index is 1350. The number of allylic oxidation sites excluding steroid dienone is 5. The van der Waals surface area contributed by atoms with E-state index in [0.29, 0.717) is 47.0 Å². The van der Waals surface area contributed by atoms with E-state index in [4.69, 9.17) is 19.5 Å². The van der Waals surface area contributed by atoms with E-state index in [1.165, 1.54) is 11.1 Å². The minimum Gasteiger partial charge on any atom is -0.483 e. The summed E-state index contributed by atoms with van der Waals surface area (Å²) in [6, 6.07) is 2.05. The monoisotopic (exact) mass is 544 g/mol. The molecular weight excluding hydrogens is 504 g/mol. The zero-order valence-corrected chi connectivity index (χ0v) is 24.0. The van der Waals surface area contributed by atoms with Crippen molar-refractivity contribution in [2.45, 2.75) is 84.8 Å². The lowest BCUT2D eigenvalue weighted by atomic mass is 9.49. The minimum absolute atomic E-state index is 0.106. The fourth-order valence-electron chi connectivity index (χ4n) is 9.56. The van der Waals surface area contributed by atoms with Gasteiger partial charge in [-0.15, -0.1) is 5.10 Å². The van der Waals surface area contributed by atoms with Crippen LogP contribution in [0.15, 0.2) is 41.8 Å². The van der Waals surface area contributed by atoms with Crippen LogP contribution in [0.5, 0.6) is 0 Å². The van der Waals surface area contributed by atoms with E-state index < -0.39 is 5.79 Å². The SMILES string of the molecule is C[C@@H]1CC[C@@]2(OC1)O[C@H]1C[C@H]3[C@@H]4C=CC5=CC(=O)C(OCc6cn(CC#N)nn6)=C[C@]5(C)[C@H]4CC[C@]3(C)[C@H]1[C@@H]2C. The van der Waals surface area contributed by atoms with E-state index in [-0.39, 0.29) is 35.9 Å². The second-order valence-corrected chi connectivity index (χ2v) is 13.8. The molecule has 7 rings (SSSR count). The van der Waals surface area contributed by atoms with E-state index in [2.05, 4.69) is 56.2 Å². The lowest BCUT2D eigenvalue weighted by Crippen LogP contribution is -2.51. The van der Waals surface area contributed by atoms with Crippen molar-refractivity contribution in [1.29, 1.82) is 5.26 Å². The maximum absolute atomic E-state index is 13.0. The van der Waals surface area contributed by atoms with Crippen molar-refractivity contribution in [3.8, 4) is 6.07 Å². The molecule has 2 aliphatic heterocycles. The molecule has 0 unspecified atom stereocenters. The molecule has 0 radical (unpaired) electrons. The predicted molar refractivity (Wildman–Crippen MR) is 146 cm³/mol. The first-order chi connectivity index (χ1) is 19.2. The van der Waals surface area contributed by atoms with E-state index >= 15 is 0 Å². The van der Waals surface area contributed by atoms with Gasteiger partial charge in [-0.1, -0.05) is 45.1 Å². The van der Waals surface area contributed by atoms with Gasteiger partial charge in [0, 0.05) is 17.8 Å². The molecule has 212 valence electrons. The van der Waals surface area contributed by atoms with Crippen LogP contribution in [0.3, 0.4) is 0 Å². The lowest BCUT2D eigenvalue weighted by molar-refractivity contribution is -0.272. The van der Waals surface area contributed by atoms with Gasteiger partial charge in [0.05, 0.1) is 25.0 Å². The van der Waals surface area contributed by atoms with Gasteiger partial charge in [-0.2, -0.15) is 5.26 Å². The Hall–Kier alpha value is -2.76. The van der Waals surface area contributed by atoms with Crippen molar-refractivity contribution < 1.29 is 19.0 Å². The molecule has 2 saturated heterocycles. The van der Waals surface area contributed by atoms with E-state index in [9.17, 15) is 4.79 Å². The fourth-order valence-corrected chi connectivity index (χ4v) is 9.56. The highest BCUT2D eigenvalue weighted by atomic mass is 16.7. The van der Waals surface area contributed by atoms with E-state index in [0.717, 1.165) is 37.9 Å². The number of ketones is 1. The third kappa shape index (κ3) is 3.73. The van der Waals surface area contributed by atoms with Crippen LogP contribution < -0.4 is 0 Å². The Morgan fingerprint density at radius 2 is 2.08 bits per heavy atom. The number of rotatable bonds is 4. The van der Waals surface area contributed by atoms with Gasteiger partial charge in [0.25, 0.3) is 0 Å². The molecule has 0 amide bonds. The number of fused-ring (bicyclic) bond motifs is 7. The number of nitrogens with zero attached hydrogens (tertiary/aromatic N) is 4. The number of carbonyl (C=O) groups is 1. The molecule has 2 saturated carbocycles. The van der Waals surface area contributed by atoms with Crippen molar-refractivity contribution in [2.24, 2.45) is 46.3 Å². The average molecular weight is 545 g/mol. The van der Waals surface area contributed by atoms with Gasteiger partial charge in [-0.25, -0.2) is 4.68 Å². The van der Waals surface area contributed by atoms with Gasteiger partial charge in [-0.3, -0.25) is 4.79 Å². The topological polar surface area (TPSA) is 99.3 Å². The molecule has 0 N–H and O–H groups in total. The molecule has 1 aromatic rings. The summed E-state index contributed by atoms with van der Waals surface area (Å²) < 4.78 is 20.9. The molecule has 1 spiro atoms. The van der Waals surface area contributed by atoms with Crippen LogP contribution in [0.4, 0.5) is 0 Å². The molecule has 8 nitrogen and oxygen atoms in total. The number of hydrogen-bond acceptors (Lipinski definition) is 7. The zero-order chi connectivity index (χ0) is 27.9. The van der Waals surface area contributed by atoms with Crippen molar-refractivity contribution in [2.75, 3.05) is 6.61 Å². The maximum atomic E-state index is 13.0. The van der Waals surface area contributed by atoms with Gasteiger partial charge in [0.2, 0.25) is 5.78 Å². The van der Waals surface area contributed by atoms with Crippen LogP contribution in [0.1, 0.15) is 65.5 Å². The summed E-state index contributed by atoms with van der Waals surface area (Å²) in [5.74, 6) is 2.79. The molecule has 40 heavy (non-hydrogen) atoms. The average Bonchev–Trinajstić information content (AvgIpc) is 3.57. The summed E-state index contributed by atoms with van der Waals surface area (Å²) in [7, 11) is 0. The van der Waals surface area contributed by atoms with E-state index in [1.807, 2.05) is 6.07 Å². The van der Waals surface area contributed by atoms with Gasteiger partial charge < -0.3 is 14.2 Å². The molecule has 10 atom stereocenters. The third-order valence-electron chi connectivity index (χ3n) is 11.6. The Kier molecular flexibility index (Phi) is 5.97. The van der Waals surface area contributed by atoms with Crippen molar-refractivity contribution >= 4 is 5.78 Å². The number of hydrogen-bond donors (Lipinski definition) is 0. The summed E-state index contributed by atoms with van der Waals surface area (Å²) in [5, 5.41) is 16.9. The molecule has 6 aliphatic rings. The van der Waals surface area contributed by atoms with Crippen molar-refractivity contribution in [3.63, 3.8) is 0 Å². The second kappa shape index (κ2) is 9.12. The van der Waals surface area contributed by atoms with Gasteiger partial charge in [0.15, 0.2) is 11.5 Å². The molecule has 0 aromatic carbocycles. The van der Waals surface area contributed by atoms with Crippen LogP contribution in [0.2, 0.25) is 0 Å². The fraction of sp³-hybridized carbons (Fsp3) is 0.688. The van der Waals surface area contributed by atoms with Crippen LogP contribution in [-0.2, 0) is 32.2 Å². The highest BCUT2D eigenvalue weighted by Gasteiger charge is 2.68. The van der Waals surface area contributed by atoms with E-state index in [1.54, 1.807) is 12.3 Å². The largest absolute Gasteiger partial charge is 0.483 e. The molecular formula is C32H40N4O4. The quantitative estimate of drug-likeness (QED) is 0.518. The number of nitriles is 1. The zero-order valence-electron chi connectivity index (χ0n) is 24.0. The highest BCUT2D eigenvalue weighted by Crippen LogP contribution is 2.69. The molecule has 3 heterocycles. The van der Waals surface area contributed by atoms with Crippen LogP contribution in [0, 0.1) is 57.7 Å². The van der Waals surface area contributed by atoms with Crippen molar-refractivity contribution in [3.05, 3.63) is 47.5 Å². The Labute approximate surface area is 236 Å². The number of carbonyl (C=O) groups excluding carboxylic acids is 1. The van der Waals surface area contributed by atoms with Crippen LogP contribution in [0.25, 0.3) is 0 Å². The molecule has 0 bridgehead atoms. The standard InChI is InChI=1S/C32H40N4O4/c1-19-7-10-32(39-17-19)20(2)29-27(40-32)14-25-23-6-5-21-13-26(37)28(38-18-22-16-36(12-11-33)35-34-22)15-31(21,4)24(23)8-9-30(25,29)3/h5-6,13,15-16,19-20,23-25,27,29H,7-10,12,14,17-18H2,1-4H3/t19-,20+,23-,24+,25+,27+,29+,30+,31+,32-/m1/s1. The number of ether oxygens (including phenoxy) is 3. The summed E-state index contributed by atoms with van der Waals surface area (Å²) in [6.07, 6.45) is 15.9. The van der Waals surface area contributed by atoms with Crippen molar-refractivity contribution in [1.82, 2.24) is 15.0 Å². The molecule has 1 aromatic heterocycles. The molecule has 8 heteroatoms. The van der Waals surface area contributed by atoms with Gasteiger partial charge >= 0.3 is 0 Å². The molecule has 4 aliphatic carbocycles. The maximum Gasteiger partial charge on any atom is 0.220 e. The van der Waals surface area contributed by atoms with Gasteiger partial charge in [0.1, 0.15) is 18.8 Å². The number of aromatic nitrogens is 3. The first-order valence-corrected chi connectivity index (χ1v) is 15.0. The van der Waals surface area contributed by atoms with Crippen LogP contribution in [-0.4, -0.2) is 39.3 Å². The second-order valence-electron chi connectivity index (χ2n) is 13.8. The third-order valence-corrected chi connectivity index (χ3v) is 11.6. The van der Waals surface area contributed by atoms with Gasteiger partial charge in [-0.05, 0) is 78.4 Å². The smallest absolute Gasteiger partial charge is 0.220 e. The van der Waals surface area contributed by atoms with Crippen LogP contribution >= 0.6 is 0 Å². The molecule has 4 fully saturated rings. The predicted octanol–water partition coefficient (Wildman–Crippen LogP) is 5.13. The Morgan fingerprint density at radius 1 is 1.23 bits per heavy atom. The summed E-state index contributed by atoms with van der Waals surface area (Å²) in [6.45, 7) is 10.5. The lowest BCUT2D eigenvalue weighted by Gasteiger charge is -2.55. The summed E-state index contributed by atoms with van der Waals surface area (Å²) in [4.78, 5) is 13.0. The first-order valence-electron chi connectivity index (χ1n) is 15.0. The highest BCUT2D eigenvalue weighted by molar-refractivity contribution is 6.04. The summed E-state index contributed by atoms with van der Waals surface area (Å²) >= 11 is 0. The normalized spacial score (nSPS) is 45.2. The summed E-state index contributed by atoms with van der Waals surface area (Å²) in [5.41, 5.74) is 1.63. The Morgan fingerprint density at radius 3 is 2.85 bits per heavy atom. The minimum atomic E-state index is -0.393. The Balaban J connectivity index is 1.12.